The molecule has 1 unspecified atom stereocenters. The molecule has 0 saturated carbocycles. The van der Waals surface area contributed by atoms with Gasteiger partial charge in [-0.1, -0.05) is 0 Å². The van der Waals surface area contributed by atoms with Crippen LogP contribution < -0.4 is 0 Å². The fourth-order valence-electron chi connectivity index (χ4n) is 0.638. The second kappa shape index (κ2) is 3.34. The van der Waals surface area contributed by atoms with Crippen LogP contribution in [0.15, 0.2) is 13.6 Å². The topological polar surface area (TPSA) is 20.2 Å². The van der Waals surface area contributed by atoms with Crippen molar-refractivity contribution < 1.29 is 5.11 Å². The Balaban J connectivity index is 3.03. The summed E-state index contributed by atoms with van der Waals surface area (Å²) in [5.74, 6) is 0. The van der Waals surface area contributed by atoms with Gasteiger partial charge in [-0.15, -0.1) is 11.3 Å². The highest BCUT2D eigenvalue weighted by atomic mass is 79.9. The maximum atomic E-state index is 9.17. The first-order valence-corrected chi connectivity index (χ1v) is 5.14. The number of thiophene rings is 1. The summed E-state index contributed by atoms with van der Waals surface area (Å²) in [5.41, 5.74) is 0.942. The predicted octanol–water partition coefficient (Wildman–Crippen LogP) is 3.33. The van der Waals surface area contributed by atoms with Crippen LogP contribution in [0.25, 0.3) is 0 Å². The lowest BCUT2D eigenvalue weighted by atomic mass is 10.2. The van der Waals surface area contributed by atoms with Gasteiger partial charge < -0.3 is 5.11 Å². The van der Waals surface area contributed by atoms with Crippen molar-refractivity contribution in [1.82, 2.24) is 0 Å². The first kappa shape index (κ1) is 8.71. The van der Waals surface area contributed by atoms with E-state index in [1.165, 1.54) is 0 Å². The van der Waals surface area contributed by atoms with Crippen molar-refractivity contribution in [3.63, 3.8) is 0 Å². The van der Waals surface area contributed by atoms with E-state index >= 15 is 0 Å². The molecule has 0 saturated heterocycles. The summed E-state index contributed by atoms with van der Waals surface area (Å²) >= 11 is 8.25. The molecule has 1 aromatic heterocycles. The van der Waals surface area contributed by atoms with E-state index in [1.807, 2.05) is 6.07 Å². The molecule has 0 aliphatic heterocycles. The van der Waals surface area contributed by atoms with E-state index < -0.39 is 6.10 Å². The highest BCUT2D eigenvalue weighted by molar-refractivity contribution is 9.12. The highest BCUT2D eigenvalue weighted by Crippen LogP contribution is 2.35. The van der Waals surface area contributed by atoms with Gasteiger partial charge in [0.1, 0.15) is 0 Å². The minimum Gasteiger partial charge on any atom is -0.389 e. The zero-order valence-corrected chi connectivity index (χ0v) is 9.25. The monoisotopic (exact) mass is 284 g/mol. The van der Waals surface area contributed by atoms with Crippen molar-refractivity contribution in [1.29, 1.82) is 0 Å². The van der Waals surface area contributed by atoms with Crippen molar-refractivity contribution in [2.75, 3.05) is 0 Å². The van der Waals surface area contributed by atoms with Crippen LogP contribution in [-0.4, -0.2) is 5.11 Å². The van der Waals surface area contributed by atoms with Crippen LogP contribution in [0.5, 0.6) is 0 Å². The Morgan fingerprint density at radius 3 is 2.40 bits per heavy atom. The Morgan fingerprint density at radius 2 is 2.20 bits per heavy atom. The van der Waals surface area contributed by atoms with Crippen molar-refractivity contribution in [3.8, 4) is 0 Å². The van der Waals surface area contributed by atoms with Crippen molar-refractivity contribution >= 4 is 43.2 Å². The third-order valence-corrected chi connectivity index (χ3v) is 3.52. The van der Waals surface area contributed by atoms with Crippen LogP contribution in [0.2, 0.25) is 0 Å². The molecule has 1 rings (SSSR count). The molecule has 0 aliphatic rings. The lowest BCUT2D eigenvalue weighted by Crippen LogP contribution is -1.86. The van der Waals surface area contributed by atoms with Crippen LogP contribution in [0.3, 0.4) is 0 Å². The Morgan fingerprint density at radius 1 is 1.60 bits per heavy atom. The molecule has 10 heavy (non-hydrogen) atoms. The Labute approximate surface area is 80.3 Å². The molecule has 0 spiro atoms. The van der Waals surface area contributed by atoms with Crippen molar-refractivity contribution in [3.05, 3.63) is 19.2 Å². The van der Waals surface area contributed by atoms with Gasteiger partial charge >= 0.3 is 0 Å². The maximum absolute atomic E-state index is 9.17. The Bertz CT molecular complexity index is 232. The van der Waals surface area contributed by atoms with E-state index in [4.69, 9.17) is 0 Å². The summed E-state index contributed by atoms with van der Waals surface area (Å²) in [7, 11) is 0. The average Bonchev–Trinajstić information content (AvgIpc) is 2.10. The third kappa shape index (κ3) is 1.81. The minimum atomic E-state index is -0.392. The molecule has 1 aromatic rings. The van der Waals surface area contributed by atoms with Gasteiger partial charge in [0.25, 0.3) is 0 Å². The van der Waals surface area contributed by atoms with Crippen LogP contribution in [0.1, 0.15) is 18.6 Å². The summed E-state index contributed by atoms with van der Waals surface area (Å²) in [4.78, 5) is 0. The maximum Gasteiger partial charge on any atom is 0.0781 e. The van der Waals surface area contributed by atoms with E-state index in [0.717, 1.165) is 13.1 Å². The molecule has 56 valence electrons. The van der Waals surface area contributed by atoms with Crippen molar-refractivity contribution in [2.24, 2.45) is 0 Å². The number of hydrogen-bond donors (Lipinski definition) is 1. The molecule has 0 amide bonds. The van der Waals surface area contributed by atoms with Gasteiger partial charge in [0.15, 0.2) is 0 Å². The molecule has 1 heterocycles. The summed E-state index contributed by atoms with van der Waals surface area (Å²) in [6, 6.07) is 1.92. The summed E-state index contributed by atoms with van der Waals surface area (Å²) in [6.45, 7) is 1.75. The van der Waals surface area contributed by atoms with E-state index in [-0.39, 0.29) is 0 Å². The molecular formula is C6H6Br2OS. The van der Waals surface area contributed by atoms with Gasteiger partial charge in [0.05, 0.1) is 13.7 Å². The largest absolute Gasteiger partial charge is 0.389 e. The van der Waals surface area contributed by atoms with Gasteiger partial charge in [-0.25, -0.2) is 0 Å². The third-order valence-electron chi connectivity index (χ3n) is 1.13. The van der Waals surface area contributed by atoms with Gasteiger partial charge in [-0.2, -0.15) is 0 Å². The van der Waals surface area contributed by atoms with Crippen LogP contribution in [-0.2, 0) is 0 Å². The Kier molecular flexibility index (Phi) is 2.91. The smallest absolute Gasteiger partial charge is 0.0781 e. The number of halogens is 2. The van der Waals surface area contributed by atoms with Gasteiger partial charge in [-0.3, -0.25) is 0 Å². The van der Waals surface area contributed by atoms with E-state index in [0.29, 0.717) is 0 Å². The van der Waals surface area contributed by atoms with Crippen LogP contribution in [0.4, 0.5) is 0 Å². The highest BCUT2D eigenvalue weighted by Gasteiger charge is 2.08. The van der Waals surface area contributed by atoms with Crippen LogP contribution in [0, 0.1) is 0 Å². The van der Waals surface area contributed by atoms with Gasteiger partial charge in [-0.05, 0) is 44.8 Å². The first-order chi connectivity index (χ1) is 4.61. The molecular weight excluding hydrogens is 280 g/mol. The summed E-state index contributed by atoms with van der Waals surface area (Å²) in [5, 5.41) is 9.17. The molecule has 1 N–H and O–H groups in total. The molecule has 1 atom stereocenters. The molecule has 1 nitrogen and oxygen atoms in total. The van der Waals surface area contributed by atoms with E-state index in [2.05, 4.69) is 31.9 Å². The summed E-state index contributed by atoms with van der Waals surface area (Å²) in [6.07, 6.45) is -0.392. The average molecular weight is 286 g/mol. The molecule has 0 fully saturated rings. The molecule has 4 heteroatoms. The molecule has 0 aliphatic carbocycles. The zero-order valence-electron chi connectivity index (χ0n) is 5.27. The molecule has 0 aromatic carbocycles. The zero-order chi connectivity index (χ0) is 7.72. The number of hydrogen-bond acceptors (Lipinski definition) is 2. The van der Waals surface area contributed by atoms with Crippen LogP contribution >= 0.6 is 43.2 Å². The second-order valence-corrected chi connectivity index (χ2v) is 5.70. The predicted molar refractivity (Wildman–Crippen MR) is 50.4 cm³/mol. The van der Waals surface area contributed by atoms with Gasteiger partial charge in [0, 0.05) is 5.56 Å². The molecule has 0 radical (unpaired) electrons. The minimum absolute atomic E-state index is 0.392. The number of rotatable bonds is 1. The molecule has 0 bridgehead atoms. The number of aliphatic hydroxyl groups is 1. The van der Waals surface area contributed by atoms with Crippen molar-refractivity contribution in [2.45, 2.75) is 13.0 Å². The van der Waals surface area contributed by atoms with E-state index in [1.54, 1.807) is 18.3 Å². The van der Waals surface area contributed by atoms with E-state index in [9.17, 15) is 5.11 Å². The SMILES string of the molecule is CC(O)c1cc(Br)sc1Br. The lowest BCUT2D eigenvalue weighted by molar-refractivity contribution is 0.199. The number of aliphatic hydroxyl groups excluding tert-OH is 1. The summed E-state index contributed by atoms with van der Waals surface area (Å²) < 4.78 is 2.03. The lowest BCUT2D eigenvalue weighted by Gasteiger charge is -1.98. The van der Waals surface area contributed by atoms with Gasteiger partial charge in [0.2, 0.25) is 0 Å². The fraction of sp³-hybridized carbons (Fsp3) is 0.333. The second-order valence-electron chi connectivity index (χ2n) is 1.96. The Hall–Kier alpha value is 0.620. The quantitative estimate of drug-likeness (QED) is 0.839. The standard InChI is InChI=1S/C6H6Br2OS/c1-3(9)4-2-5(7)10-6(4)8/h2-3,9H,1H3. The fourth-order valence-corrected chi connectivity index (χ4v) is 3.70. The first-order valence-electron chi connectivity index (χ1n) is 2.74. The normalized spacial score (nSPS) is 13.6.